The summed E-state index contributed by atoms with van der Waals surface area (Å²) in [4.78, 5) is 12.7. The second-order valence-corrected chi connectivity index (χ2v) is 5.25. The highest BCUT2D eigenvalue weighted by Crippen LogP contribution is 2.24. The summed E-state index contributed by atoms with van der Waals surface area (Å²) in [5.41, 5.74) is 1.96. The summed E-state index contributed by atoms with van der Waals surface area (Å²) in [6.45, 7) is 2.93. The predicted molar refractivity (Wildman–Crippen MR) is 82.6 cm³/mol. The number of benzene rings is 1. The highest BCUT2D eigenvalue weighted by Gasteiger charge is 2.22. The molecule has 22 heavy (non-hydrogen) atoms. The fourth-order valence-electron chi connectivity index (χ4n) is 2.74. The number of hydrogen-bond acceptors (Lipinski definition) is 5. The third-order valence-corrected chi connectivity index (χ3v) is 3.90. The van der Waals surface area contributed by atoms with Crippen molar-refractivity contribution in [3.63, 3.8) is 0 Å². The Morgan fingerprint density at radius 1 is 0.955 bits per heavy atom. The summed E-state index contributed by atoms with van der Waals surface area (Å²) in [7, 11) is 0. The fourth-order valence-corrected chi connectivity index (χ4v) is 2.74. The van der Waals surface area contributed by atoms with Gasteiger partial charge in [-0.25, -0.2) is 9.37 Å². The van der Waals surface area contributed by atoms with Gasteiger partial charge in [-0.05, 0) is 24.3 Å². The Morgan fingerprint density at radius 3 is 2.50 bits per heavy atom. The van der Waals surface area contributed by atoms with Gasteiger partial charge in [-0.15, -0.1) is 0 Å². The van der Waals surface area contributed by atoms with Crippen molar-refractivity contribution in [3.8, 4) is 0 Å². The molecule has 0 N–H and O–H groups in total. The Kier molecular flexibility index (Phi) is 3.14. The molecule has 0 saturated carbocycles. The van der Waals surface area contributed by atoms with Crippen LogP contribution in [-0.2, 0) is 0 Å². The lowest BCUT2D eigenvalue weighted by Crippen LogP contribution is -2.47. The van der Waals surface area contributed by atoms with Gasteiger partial charge in [0.1, 0.15) is 5.82 Å². The van der Waals surface area contributed by atoms with E-state index in [-0.39, 0.29) is 5.82 Å². The number of hydrogen-bond donors (Lipinski definition) is 0. The molecule has 1 aliphatic heterocycles. The van der Waals surface area contributed by atoms with E-state index in [0.29, 0.717) is 22.9 Å². The van der Waals surface area contributed by atoms with Crippen LogP contribution in [0.1, 0.15) is 0 Å². The molecule has 3 aromatic rings. The lowest BCUT2D eigenvalue weighted by Gasteiger charge is -2.35. The van der Waals surface area contributed by atoms with Gasteiger partial charge >= 0.3 is 0 Å². The molecular weight excluding hydrogens is 283 g/mol. The monoisotopic (exact) mass is 298 g/mol. The molecule has 6 heteroatoms. The molecule has 4 rings (SSSR count). The van der Waals surface area contributed by atoms with E-state index in [0.717, 1.165) is 26.2 Å². The maximum Gasteiger partial charge on any atom is 0.300 e. The van der Waals surface area contributed by atoms with Crippen LogP contribution in [0.5, 0.6) is 0 Å². The molecule has 112 valence electrons. The summed E-state index contributed by atoms with van der Waals surface area (Å²) in [5, 5.41) is 0. The van der Waals surface area contributed by atoms with E-state index in [2.05, 4.69) is 14.9 Å². The standard InChI is InChI=1S/C16H15FN4O/c17-12-4-1-2-5-13(12)20-8-10-21(11-9-20)16-19-15-14(22-16)6-3-7-18-15/h1-7H,8-11H2. The molecule has 1 aliphatic rings. The maximum absolute atomic E-state index is 13.8. The van der Waals surface area contributed by atoms with Crippen molar-refractivity contribution in [1.82, 2.24) is 9.97 Å². The number of piperazine rings is 1. The van der Waals surface area contributed by atoms with E-state index >= 15 is 0 Å². The van der Waals surface area contributed by atoms with Crippen molar-refractivity contribution < 1.29 is 8.81 Å². The van der Waals surface area contributed by atoms with Gasteiger partial charge in [-0.3, -0.25) is 0 Å². The van der Waals surface area contributed by atoms with Crippen molar-refractivity contribution >= 4 is 22.9 Å². The van der Waals surface area contributed by atoms with Gasteiger partial charge < -0.3 is 14.2 Å². The molecule has 5 nitrogen and oxygen atoms in total. The van der Waals surface area contributed by atoms with Crippen LogP contribution in [-0.4, -0.2) is 36.1 Å². The lowest BCUT2D eigenvalue weighted by atomic mass is 10.2. The molecule has 0 unspecified atom stereocenters. The van der Waals surface area contributed by atoms with E-state index in [1.165, 1.54) is 6.07 Å². The molecule has 2 aromatic heterocycles. The summed E-state index contributed by atoms with van der Waals surface area (Å²) in [6.07, 6.45) is 1.70. The van der Waals surface area contributed by atoms with Gasteiger partial charge in [0.2, 0.25) is 5.65 Å². The van der Waals surface area contributed by atoms with Gasteiger partial charge in [-0.2, -0.15) is 4.98 Å². The van der Waals surface area contributed by atoms with Gasteiger partial charge in [0.05, 0.1) is 5.69 Å². The number of oxazole rings is 1. The topological polar surface area (TPSA) is 45.4 Å². The zero-order valence-corrected chi connectivity index (χ0v) is 11.9. The third kappa shape index (κ3) is 2.26. The number of aromatic nitrogens is 2. The van der Waals surface area contributed by atoms with Crippen molar-refractivity contribution in [2.45, 2.75) is 0 Å². The predicted octanol–water partition coefficient (Wildman–Crippen LogP) is 2.69. The first-order valence-corrected chi connectivity index (χ1v) is 7.27. The molecule has 1 saturated heterocycles. The average molecular weight is 298 g/mol. The summed E-state index contributed by atoms with van der Waals surface area (Å²) < 4.78 is 19.6. The molecule has 0 amide bonds. The lowest BCUT2D eigenvalue weighted by molar-refractivity contribution is 0.536. The van der Waals surface area contributed by atoms with Crippen LogP contribution < -0.4 is 9.80 Å². The number of fused-ring (bicyclic) bond motifs is 1. The number of anilines is 2. The minimum Gasteiger partial charge on any atom is -0.422 e. The summed E-state index contributed by atoms with van der Waals surface area (Å²) in [6, 6.07) is 11.1. The van der Waals surface area contributed by atoms with Crippen LogP contribution in [0.4, 0.5) is 16.1 Å². The van der Waals surface area contributed by atoms with E-state index < -0.39 is 0 Å². The second-order valence-electron chi connectivity index (χ2n) is 5.25. The van der Waals surface area contributed by atoms with Gasteiger partial charge in [0.25, 0.3) is 6.01 Å². The highest BCUT2D eigenvalue weighted by atomic mass is 19.1. The Morgan fingerprint density at radius 2 is 1.73 bits per heavy atom. The van der Waals surface area contributed by atoms with Crippen molar-refractivity contribution in [3.05, 3.63) is 48.4 Å². The Balaban J connectivity index is 1.51. The smallest absolute Gasteiger partial charge is 0.300 e. The quantitative estimate of drug-likeness (QED) is 0.728. The number of nitrogens with zero attached hydrogens (tertiary/aromatic N) is 4. The van der Waals surface area contributed by atoms with Crippen molar-refractivity contribution in [2.24, 2.45) is 0 Å². The largest absolute Gasteiger partial charge is 0.422 e. The minimum atomic E-state index is -0.179. The number of halogens is 1. The number of rotatable bonds is 2. The second kappa shape index (κ2) is 5.29. The van der Waals surface area contributed by atoms with E-state index in [1.54, 1.807) is 12.3 Å². The first-order chi connectivity index (χ1) is 10.8. The number of para-hydroxylation sites is 1. The fraction of sp³-hybridized carbons (Fsp3) is 0.250. The van der Waals surface area contributed by atoms with Gasteiger partial charge in [0.15, 0.2) is 5.58 Å². The Labute approximate surface area is 127 Å². The summed E-state index contributed by atoms with van der Waals surface area (Å²) in [5.74, 6) is -0.179. The Hall–Kier alpha value is -2.63. The zero-order valence-electron chi connectivity index (χ0n) is 11.9. The Bertz CT molecular complexity index is 762. The number of pyridine rings is 1. The summed E-state index contributed by atoms with van der Waals surface area (Å²) >= 11 is 0. The van der Waals surface area contributed by atoms with Crippen LogP contribution in [0.2, 0.25) is 0 Å². The zero-order chi connectivity index (χ0) is 14.9. The minimum absolute atomic E-state index is 0.179. The molecule has 1 fully saturated rings. The first-order valence-electron chi connectivity index (χ1n) is 7.27. The van der Waals surface area contributed by atoms with Crippen LogP contribution in [0, 0.1) is 5.82 Å². The van der Waals surface area contributed by atoms with E-state index in [4.69, 9.17) is 4.42 Å². The molecule has 0 radical (unpaired) electrons. The maximum atomic E-state index is 13.8. The molecule has 1 aromatic carbocycles. The molecule has 3 heterocycles. The molecule has 0 atom stereocenters. The molecule has 0 spiro atoms. The van der Waals surface area contributed by atoms with Crippen LogP contribution in [0.25, 0.3) is 11.2 Å². The highest BCUT2D eigenvalue weighted by molar-refractivity contribution is 5.69. The van der Waals surface area contributed by atoms with Gasteiger partial charge in [-0.1, -0.05) is 12.1 Å². The molecule has 0 bridgehead atoms. The van der Waals surface area contributed by atoms with Crippen LogP contribution in [0.15, 0.2) is 47.0 Å². The molecule has 0 aliphatic carbocycles. The SMILES string of the molecule is Fc1ccccc1N1CCN(c2nc3ncccc3o2)CC1. The molecular formula is C16H15FN4O. The van der Waals surface area contributed by atoms with Gasteiger partial charge in [0, 0.05) is 32.4 Å². The van der Waals surface area contributed by atoms with Crippen LogP contribution in [0.3, 0.4) is 0 Å². The van der Waals surface area contributed by atoms with Crippen molar-refractivity contribution in [2.75, 3.05) is 36.0 Å². The first kappa shape index (κ1) is 13.1. The van der Waals surface area contributed by atoms with Crippen molar-refractivity contribution in [1.29, 1.82) is 0 Å². The van der Waals surface area contributed by atoms with Crippen LogP contribution >= 0.6 is 0 Å². The average Bonchev–Trinajstić information content (AvgIpc) is 2.99. The third-order valence-electron chi connectivity index (χ3n) is 3.90. The normalized spacial score (nSPS) is 15.5. The van der Waals surface area contributed by atoms with E-state index in [9.17, 15) is 4.39 Å². The van der Waals surface area contributed by atoms with E-state index in [1.807, 2.05) is 29.2 Å².